The Labute approximate surface area is 102 Å². The molecular weight excluding hydrogens is 243 g/mol. The van der Waals surface area contributed by atoms with E-state index in [1.807, 2.05) is 6.08 Å². The van der Waals surface area contributed by atoms with E-state index < -0.39 is 12.0 Å². The van der Waals surface area contributed by atoms with Crippen molar-refractivity contribution < 1.29 is 13.2 Å². The molecule has 94 valence electrons. The largest absolute Gasteiger partial charge is 0.451 e. The second kappa shape index (κ2) is 5.19. The third-order valence-electron chi connectivity index (χ3n) is 2.34. The predicted octanol–water partition coefficient (Wildman–Crippen LogP) is 1.77. The van der Waals surface area contributed by atoms with Gasteiger partial charge in [0.05, 0.1) is 5.56 Å². The van der Waals surface area contributed by atoms with Crippen LogP contribution in [-0.4, -0.2) is 23.1 Å². The van der Waals surface area contributed by atoms with E-state index in [-0.39, 0.29) is 0 Å². The molecular formula is C12H10F3N3. The molecule has 2 heterocycles. The average Bonchev–Trinajstić information content (AvgIpc) is 2.37. The summed E-state index contributed by atoms with van der Waals surface area (Å²) in [6, 6.07) is 0. The summed E-state index contributed by atoms with van der Waals surface area (Å²) in [6.45, 7) is 1.64. The maximum Gasteiger partial charge on any atom is 0.451 e. The molecule has 1 aromatic heterocycles. The molecule has 18 heavy (non-hydrogen) atoms. The van der Waals surface area contributed by atoms with Crippen molar-refractivity contribution in [3.63, 3.8) is 0 Å². The van der Waals surface area contributed by atoms with Gasteiger partial charge in [-0.3, -0.25) is 0 Å². The van der Waals surface area contributed by atoms with Gasteiger partial charge in [0.1, 0.15) is 0 Å². The topological polar surface area (TPSA) is 37.8 Å². The van der Waals surface area contributed by atoms with E-state index in [9.17, 15) is 13.2 Å². The fourth-order valence-corrected chi connectivity index (χ4v) is 1.43. The van der Waals surface area contributed by atoms with Crippen LogP contribution in [-0.2, 0) is 6.18 Å². The molecule has 0 radical (unpaired) electrons. The Morgan fingerprint density at radius 3 is 2.44 bits per heavy atom. The van der Waals surface area contributed by atoms with Gasteiger partial charge in [-0.15, -0.1) is 0 Å². The van der Waals surface area contributed by atoms with Crippen LogP contribution in [0, 0.1) is 11.8 Å². The van der Waals surface area contributed by atoms with E-state index in [1.54, 1.807) is 0 Å². The second-order valence-corrected chi connectivity index (χ2v) is 3.73. The fraction of sp³-hybridized carbons (Fsp3) is 0.333. The molecule has 6 heteroatoms. The lowest BCUT2D eigenvalue weighted by atomic mass is 10.1. The first-order valence-corrected chi connectivity index (χ1v) is 5.37. The number of alkyl halides is 3. The van der Waals surface area contributed by atoms with Crippen molar-refractivity contribution in [1.29, 1.82) is 0 Å². The highest BCUT2D eigenvalue weighted by Gasteiger charge is 2.34. The van der Waals surface area contributed by atoms with Crippen LogP contribution in [0.4, 0.5) is 13.2 Å². The minimum absolute atomic E-state index is 0.377. The third kappa shape index (κ3) is 3.31. The van der Waals surface area contributed by atoms with Crippen LogP contribution < -0.4 is 5.32 Å². The zero-order valence-corrected chi connectivity index (χ0v) is 9.38. The van der Waals surface area contributed by atoms with Crippen molar-refractivity contribution in [2.24, 2.45) is 0 Å². The molecule has 1 N–H and O–H groups in total. The van der Waals surface area contributed by atoms with Crippen LogP contribution in [0.25, 0.3) is 0 Å². The van der Waals surface area contributed by atoms with Gasteiger partial charge in [-0.2, -0.15) is 13.2 Å². The molecule has 0 amide bonds. The molecule has 0 spiro atoms. The fourth-order valence-electron chi connectivity index (χ4n) is 1.43. The quantitative estimate of drug-likeness (QED) is 0.716. The van der Waals surface area contributed by atoms with Gasteiger partial charge in [0, 0.05) is 31.1 Å². The summed E-state index contributed by atoms with van der Waals surface area (Å²) in [7, 11) is 0. The van der Waals surface area contributed by atoms with Crippen molar-refractivity contribution in [3.8, 4) is 11.8 Å². The summed E-state index contributed by atoms with van der Waals surface area (Å²) in [5.74, 6) is 4.52. The molecule has 0 unspecified atom stereocenters. The first-order valence-electron chi connectivity index (χ1n) is 5.37. The van der Waals surface area contributed by atoms with Crippen LogP contribution in [0.3, 0.4) is 0 Å². The molecule has 1 aliphatic rings. The number of nitrogens with zero attached hydrogens (tertiary/aromatic N) is 2. The van der Waals surface area contributed by atoms with Gasteiger partial charge < -0.3 is 5.32 Å². The lowest BCUT2D eigenvalue weighted by Crippen LogP contribution is -2.20. The molecule has 0 saturated heterocycles. The second-order valence-electron chi connectivity index (χ2n) is 3.73. The average molecular weight is 253 g/mol. The number of hydrogen-bond acceptors (Lipinski definition) is 3. The van der Waals surface area contributed by atoms with Gasteiger partial charge >= 0.3 is 6.18 Å². The molecule has 1 aromatic rings. The van der Waals surface area contributed by atoms with E-state index >= 15 is 0 Å². The molecule has 0 bridgehead atoms. The Morgan fingerprint density at radius 2 is 1.89 bits per heavy atom. The third-order valence-corrected chi connectivity index (χ3v) is 2.34. The maximum atomic E-state index is 12.2. The number of hydrogen-bond donors (Lipinski definition) is 1. The summed E-state index contributed by atoms with van der Waals surface area (Å²) >= 11 is 0. The monoisotopic (exact) mass is 253 g/mol. The zero-order valence-electron chi connectivity index (χ0n) is 9.38. The molecule has 0 fully saturated rings. The number of nitrogens with one attached hydrogen (secondary N) is 1. The predicted molar refractivity (Wildman–Crippen MR) is 59.5 cm³/mol. The minimum Gasteiger partial charge on any atom is -0.313 e. The lowest BCUT2D eigenvalue weighted by molar-refractivity contribution is -0.145. The van der Waals surface area contributed by atoms with Gasteiger partial charge in [-0.25, -0.2) is 9.97 Å². The SMILES string of the molecule is FC(F)(F)c1ncc(C#CC2=CCNCC2)cn1. The van der Waals surface area contributed by atoms with Gasteiger partial charge in [0.25, 0.3) is 0 Å². The number of halogens is 3. The molecule has 0 saturated carbocycles. The van der Waals surface area contributed by atoms with Gasteiger partial charge in [0.2, 0.25) is 5.82 Å². The number of rotatable bonds is 0. The normalized spacial score (nSPS) is 15.6. The summed E-state index contributed by atoms with van der Waals surface area (Å²) in [5.41, 5.74) is 1.36. The Bertz CT molecular complexity index is 506. The number of aromatic nitrogens is 2. The zero-order chi connectivity index (χ0) is 13.0. The Morgan fingerprint density at radius 1 is 1.17 bits per heavy atom. The van der Waals surface area contributed by atoms with Crippen molar-refractivity contribution in [2.45, 2.75) is 12.6 Å². The van der Waals surface area contributed by atoms with Crippen molar-refractivity contribution in [1.82, 2.24) is 15.3 Å². The molecule has 3 nitrogen and oxygen atoms in total. The molecule has 1 aliphatic heterocycles. The van der Waals surface area contributed by atoms with Crippen LogP contribution in [0.5, 0.6) is 0 Å². The highest BCUT2D eigenvalue weighted by Crippen LogP contribution is 2.25. The van der Waals surface area contributed by atoms with Crippen molar-refractivity contribution in [3.05, 3.63) is 35.4 Å². The summed E-state index contributed by atoms with van der Waals surface area (Å²) in [6.07, 6.45) is 0.453. The maximum absolute atomic E-state index is 12.2. The van der Waals surface area contributed by atoms with E-state index in [1.165, 1.54) is 0 Å². The van der Waals surface area contributed by atoms with Crippen molar-refractivity contribution in [2.75, 3.05) is 13.1 Å². The van der Waals surface area contributed by atoms with Crippen LogP contribution >= 0.6 is 0 Å². The summed E-state index contributed by atoms with van der Waals surface area (Å²) in [4.78, 5) is 6.49. The van der Waals surface area contributed by atoms with Gasteiger partial charge in [0.15, 0.2) is 0 Å². The Kier molecular flexibility index (Phi) is 3.63. The van der Waals surface area contributed by atoms with Crippen LogP contribution in [0.2, 0.25) is 0 Å². The minimum atomic E-state index is -4.51. The van der Waals surface area contributed by atoms with Gasteiger partial charge in [-0.05, 0) is 6.42 Å². The van der Waals surface area contributed by atoms with Crippen LogP contribution in [0.1, 0.15) is 17.8 Å². The lowest BCUT2D eigenvalue weighted by Gasteiger charge is -2.08. The molecule has 0 atom stereocenters. The van der Waals surface area contributed by atoms with E-state index in [0.29, 0.717) is 5.56 Å². The first-order chi connectivity index (χ1) is 8.55. The first kappa shape index (κ1) is 12.6. The van der Waals surface area contributed by atoms with E-state index in [0.717, 1.165) is 37.5 Å². The Hall–Kier alpha value is -1.87. The highest BCUT2D eigenvalue weighted by atomic mass is 19.4. The molecule has 0 aliphatic carbocycles. The smallest absolute Gasteiger partial charge is 0.313 e. The van der Waals surface area contributed by atoms with Crippen molar-refractivity contribution >= 4 is 0 Å². The van der Waals surface area contributed by atoms with E-state index in [2.05, 4.69) is 27.1 Å². The summed E-state index contributed by atoms with van der Waals surface area (Å²) < 4.78 is 36.7. The standard InChI is InChI=1S/C12H10F3N3/c13-12(14,15)11-17-7-10(8-18-11)2-1-9-3-5-16-6-4-9/h3,7-8,16H,4-6H2. The molecule has 0 aromatic carbocycles. The Balaban J connectivity index is 2.11. The highest BCUT2D eigenvalue weighted by molar-refractivity contribution is 5.39. The van der Waals surface area contributed by atoms with Gasteiger partial charge in [-0.1, -0.05) is 17.9 Å². The molecule has 2 rings (SSSR count). The van der Waals surface area contributed by atoms with Crippen LogP contribution in [0.15, 0.2) is 24.0 Å². The van der Waals surface area contributed by atoms with E-state index in [4.69, 9.17) is 0 Å². The summed E-state index contributed by atoms with van der Waals surface area (Å²) in [5, 5.41) is 3.14.